The lowest BCUT2D eigenvalue weighted by Crippen LogP contribution is -2.46. The zero-order valence-corrected chi connectivity index (χ0v) is 13.9. The van der Waals surface area contributed by atoms with Crippen LogP contribution in [0.2, 0.25) is 0 Å². The highest BCUT2D eigenvalue weighted by Gasteiger charge is 2.24. The van der Waals surface area contributed by atoms with Crippen molar-refractivity contribution >= 4 is 23.6 Å². The minimum absolute atomic E-state index is 0.0743. The Morgan fingerprint density at radius 1 is 1.25 bits per heavy atom. The number of carbonyl (C=O) groups is 2. The van der Waals surface area contributed by atoms with Crippen LogP contribution in [0.1, 0.15) is 53.4 Å². The van der Waals surface area contributed by atoms with E-state index in [4.69, 9.17) is 0 Å². The minimum atomic E-state index is -0.450. The van der Waals surface area contributed by atoms with Crippen LogP contribution in [0, 0.1) is 5.41 Å². The summed E-state index contributed by atoms with van der Waals surface area (Å²) >= 11 is 1.98. The maximum atomic E-state index is 11.9. The third-order valence-corrected chi connectivity index (χ3v) is 4.72. The van der Waals surface area contributed by atoms with E-state index in [1.54, 1.807) is 0 Å². The second kappa shape index (κ2) is 7.91. The normalized spacial score (nSPS) is 23.2. The molecule has 0 bridgehead atoms. The minimum Gasteiger partial charge on any atom is -0.352 e. The fourth-order valence-electron chi connectivity index (χ4n) is 2.37. The van der Waals surface area contributed by atoms with E-state index in [2.05, 4.69) is 17.6 Å². The average Bonchev–Trinajstić information content (AvgIpc) is 2.35. The Morgan fingerprint density at radius 3 is 2.55 bits per heavy atom. The van der Waals surface area contributed by atoms with Gasteiger partial charge in [0.1, 0.15) is 0 Å². The number of carbonyl (C=O) groups excluding carboxylic acids is 2. The van der Waals surface area contributed by atoms with Crippen LogP contribution in [0.3, 0.4) is 0 Å². The molecule has 0 aliphatic heterocycles. The number of nitrogens with one attached hydrogen (secondary N) is 2. The summed E-state index contributed by atoms with van der Waals surface area (Å²) in [7, 11) is 0. The maximum absolute atomic E-state index is 11.9. The van der Waals surface area contributed by atoms with Crippen molar-refractivity contribution in [3.63, 3.8) is 0 Å². The lowest BCUT2D eigenvalue weighted by molar-refractivity contribution is -0.131. The van der Waals surface area contributed by atoms with Gasteiger partial charge in [-0.3, -0.25) is 9.59 Å². The molecule has 0 heterocycles. The van der Waals surface area contributed by atoms with Gasteiger partial charge in [0, 0.05) is 16.7 Å². The Kier molecular flexibility index (Phi) is 6.86. The van der Waals surface area contributed by atoms with E-state index in [9.17, 15) is 9.59 Å². The zero-order valence-electron chi connectivity index (χ0n) is 13.1. The van der Waals surface area contributed by atoms with Gasteiger partial charge in [0.05, 0.1) is 6.54 Å². The third kappa shape index (κ3) is 6.16. The predicted molar refractivity (Wildman–Crippen MR) is 84.8 cm³/mol. The van der Waals surface area contributed by atoms with Crippen molar-refractivity contribution in [2.75, 3.05) is 12.3 Å². The van der Waals surface area contributed by atoms with Crippen molar-refractivity contribution in [2.45, 2.75) is 64.7 Å². The SMILES string of the molecule is CCS[C@@H]1CCC[C@H](NC(=O)CNC(=O)C(C)(C)C)C1. The van der Waals surface area contributed by atoms with E-state index in [1.807, 2.05) is 32.5 Å². The van der Waals surface area contributed by atoms with E-state index in [-0.39, 0.29) is 24.4 Å². The van der Waals surface area contributed by atoms with Gasteiger partial charge in [-0.1, -0.05) is 34.1 Å². The fourth-order valence-corrected chi connectivity index (χ4v) is 3.54. The van der Waals surface area contributed by atoms with Gasteiger partial charge in [0.15, 0.2) is 0 Å². The largest absolute Gasteiger partial charge is 0.352 e. The van der Waals surface area contributed by atoms with Gasteiger partial charge in [-0.25, -0.2) is 0 Å². The molecule has 2 atom stereocenters. The topological polar surface area (TPSA) is 58.2 Å². The molecule has 20 heavy (non-hydrogen) atoms. The summed E-state index contributed by atoms with van der Waals surface area (Å²) in [5, 5.41) is 6.41. The monoisotopic (exact) mass is 300 g/mol. The molecule has 0 radical (unpaired) electrons. The highest BCUT2D eigenvalue weighted by molar-refractivity contribution is 7.99. The molecule has 4 nitrogen and oxygen atoms in total. The number of rotatable bonds is 5. The van der Waals surface area contributed by atoms with Crippen LogP contribution < -0.4 is 10.6 Å². The Labute approximate surface area is 126 Å². The number of thioether (sulfide) groups is 1. The van der Waals surface area contributed by atoms with Crippen LogP contribution in [-0.2, 0) is 9.59 Å². The van der Waals surface area contributed by atoms with E-state index >= 15 is 0 Å². The van der Waals surface area contributed by atoms with Crippen LogP contribution in [-0.4, -0.2) is 35.4 Å². The quantitative estimate of drug-likeness (QED) is 0.819. The zero-order chi connectivity index (χ0) is 15.2. The predicted octanol–water partition coefficient (Wildman–Crippen LogP) is 2.33. The van der Waals surface area contributed by atoms with Crippen molar-refractivity contribution in [1.29, 1.82) is 0 Å². The molecule has 5 heteroatoms. The molecule has 1 rings (SSSR count). The van der Waals surface area contributed by atoms with Crippen molar-refractivity contribution in [3.05, 3.63) is 0 Å². The second-order valence-corrected chi connectivity index (χ2v) is 8.02. The van der Waals surface area contributed by atoms with Crippen molar-refractivity contribution in [3.8, 4) is 0 Å². The van der Waals surface area contributed by atoms with Crippen LogP contribution in [0.15, 0.2) is 0 Å². The lowest BCUT2D eigenvalue weighted by Gasteiger charge is -2.29. The number of hydrogen-bond donors (Lipinski definition) is 2. The first-order chi connectivity index (χ1) is 9.32. The Hall–Kier alpha value is -0.710. The molecule has 0 aromatic heterocycles. The molecule has 0 aromatic rings. The standard InChI is InChI=1S/C15H28N2O2S/c1-5-20-12-8-6-7-11(9-12)17-13(18)10-16-14(19)15(2,3)4/h11-12H,5-10H2,1-4H3,(H,16,19)(H,17,18)/t11-,12+/m0/s1. The molecule has 2 amide bonds. The molecular weight excluding hydrogens is 272 g/mol. The third-order valence-electron chi connectivity index (χ3n) is 3.48. The molecule has 1 saturated carbocycles. The first-order valence-corrected chi connectivity index (χ1v) is 8.57. The molecule has 1 aliphatic rings. The molecule has 0 saturated heterocycles. The fraction of sp³-hybridized carbons (Fsp3) is 0.867. The molecule has 0 unspecified atom stereocenters. The van der Waals surface area contributed by atoms with Crippen LogP contribution in [0.25, 0.3) is 0 Å². The summed E-state index contributed by atoms with van der Waals surface area (Å²) in [5.41, 5.74) is -0.450. The van der Waals surface area contributed by atoms with Gasteiger partial charge in [-0.05, 0) is 25.0 Å². The van der Waals surface area contributed by atoms with Crippen LogP contribution >= 0.6 is 11.8 Å². The maximum Gasteiger partial charge on any atom is 0.239 e. The van der Waals surface area contributed by atoms with Crippen LogP contribution in [0.5, 0.6) is 0 Å². The molecule has 0 spiro atoms. The summed E-state index contributed by atoms with van der Waals surface area (Å²) in [6.07, 6.45) is 4.54. The van der Waals surface area contributed by atoms with E-state index < -0.39 is 5.41 Å². The van der Waals surface area contributed by atoms with E-state index in [0.717, 1.165) is 18.6 Å². The van der Waals surface area contributed by atoms with Crippen molar-refractivity contribution in [1.82, 2.24) is 10.6 Å². The molecule has 1 fully saturated rings. The van der Waals surface area contributed by atoms with Gasteiger partial charge >= 0.3 is 0 Å². The van der Waals surface area contributed by atoms with Crippen molar-refractivity contribution < 1.29 is 9.59 Å². The summed E-state index contributed by atoms with van der Waals surface area (Å²) in [5.74, 6) is 0.970. The first-order valence-electron chi connectivity index (χ1n) is 7.52. The Bertz CT molecular complexity index is 337. The number of amides is 2. The van der Waals surface area contributed by atoms with Crippen LogP contribution in [0.4, 0.5) is 0 Å². The molecule has 0 aromatic carbocycles. The second-order valence-electron chi connectivity index (χ2n) is 6.44. The van der Waals surface area contributed by atoms with Gasteiger partial charge in [0.2, 0.25) is 11.8 Å². The highest BCUT2D eigenvalue weighted by atomic mass is 32.2. The van der Waals surface area contributed by atoms with Gasteiger partial charge in [-0.2, -0.15) is 11.8 Å². The Morgan fingerprint density at radius 2 is 1.95 bits per heavy atom. The molecule has 1 aliphatic carbocycles. The summed E-state index contributed by atoms with van der Waals surface area (Å²) < 4.78 is 0. The summed E-state index contributed by atoms with van der Waals surface area (Å²) in [6.45, 7) is 7.78. The molecule has 116 valence electrons. The van der Waals surface area contributed by atoms with Gasteiger partial charge in [-0.15, -0.1) is 0 Å². The van der Waals surface area contributed by atoms with Gasteiger partial charge < -0.3 is 10.6 Å². The lowest BCUT2D eigenvalue weighted by atomic mass is 9.95. The smallest absolute Gasteiger partial charge is 0.239 e. The summed E-state index contributed by atoms with van der Waals surface area (Å²) in [4.78, 5) is 23.6. The summed E-state index contributed by atoms with van der Waals surface area (Å²) in [6, 6.07) is 0.270. The molecular formula is C15H28N2O2S. The van der Waals surface area contributed by atoms with Gasteiger partial charge in [0.25, 0.3) is 0 Å². The average molecular weight is 300 g/mol. The van der Waals surface area contributed by atoms with E-state index in [1.165, 1.54) is 12.8 Å². The molecule has 2 N–H and O–H groups in total. The van der Waals surface area contributed by atoms with Crippen molar-refractivity contribution in [2.24, 2.45) is 5.41 Å². The number of hydrogen-bond acceptors (Lipinski definition) is 3. The highest BCUT2D eigenvalue weighted by Crippen LogP contribution is 2.28. The first kappa shape index (κ1) is 17.3. The Balaban J connectivity index is 2.30. The van der Waals surface area contributed by atoms with E-state index in [0.29, 0.717) is 5.25 Å².